The molecule has 2 aromatic carbocycles. The molecule has 38 heavy (non-hydrogen) atoms. The summed E-state index contributed by atoms with van der Waals surface area (Å²) >= 11 is 0. The molecule has 1 fully saturated rings. The van der Waals surface area contributed by atoms with Crippen LogP contribution in [0.1, 0.15) is 49.3 Å². The number of ketones is 1. The van der Waals surface area contributed by atoms with Crippen molar-refractivity contribution in [2.24, 2.45) is 5.41 Å². The molecule has 5 N–H and O–H groups in total. The molecule has 2 aromatic rings. The van der Waals surface area contributed by atoms with Crippen LogP contribution in [0, 0.1) is 12.3 Å². The van der Waals surface area contributed by atoms with Crippen molar-refractivity contribution in [3.8, 4) is 5.75 Å². The summed E-state index contributed by atoms with van der Waals surface area (Å²) in [6.45, 7) is 5.74. The van der Waals surface area contributed by atoms with Gasteiger partial charge < -0.3 is 35.2 Å². The Balaban J connectivity index is 1.44. The number of carbonyl (C=O) groups excluding carboxylic acids is 1. The molecule has 1 saturated heterocycles. The van der Waals surface area contributed by atoms with E-state index in [0.29, 0.717) is 12.2 Å². The Labute approximate surface area is 222 Å². The van der Waals surface area contributed by atoms with Crippen molar-refractivity contribution in [2.45, 2.75) is 70.2 Å². The first kappa shape index (κ1) is 26.6. The van der Waals surface area contributed by atoms with Gasteiger partial charge in [0.2, 0.25) is 6.29 Å². The summed E-state index contributed by atoms with van der Waals surface area (Å²) in [6.07, 6.45) is -3.43. The van der Waals surface area contributed by atoms with E-state index < -0.39 is 37.3 Å². The minimum absolute atomic E-state index is 0.133. The molecular formula is C30H35NO7. The summed E-state index contributed by atoms with van der Waals surface area (Å²) < 4.78 is 11.2. The van der Waals surface area contributed by atoms with E-state index in [1.54, 1.807) is 12.1 Å². The summed E-state index contributed by atoms with van der Waals surface area (Å²) in [5, 5.41) is 43.3. The molecule has 8 nitrogen and oxygen atoms in total. The summed E-state index contributed by atoms with van der Waals surface area (Å²) in [6, 6.07) is 15.5. The number of nitrogens with one attached hydrogen (secondary N) is 1. The Kier molecular flexibility index (Phi) is 7.19. The summed E-state index contributed by atoms with van der Waals surface area (Å²) in [5.41, 5.74) is 5.69. The smallest absolute Gasteiger partial charge is 0.229 e. The maximum absolute atomic E-state index is 13.3. The van der Waals surface area contributed by atoms with Crippen LogP contribution in [0.5, 0.6) is 5.75 Å². The van der Waals surface area contributed by atoms with Crippen LogP contribution < -0.4 is 10.1 Å². The minimum atomic E-state index is -1.52. The molecule has 0 aromatic heterocycles. The van der Waals surface area contributed by atoms with E-state index in [9.17, 15) is 25.2 Å². The lowest BCUT2D eigenvalue weighted by Crippen LogP contribution is -2.60. The van der Waals surface area contributed by atoms with Crippen LogP contribution in [0.3, 0.4) is 0 Å². The highest BCUT2D eigenvalue weighted by Gasteiger charge is 2.45. The third-order valence-corrected chi connectivity index (χ3v) is 7.55. The molecule has 6 atom stereocenters. The number of allylic oxidation sites excluding steroid dienone is 3. The quantitative estimate of drug-likeness (QED) is 0.406. The fourth-order valence-corrected chi connectivity index (χ4v) is 5.48. The third-order valence-electron chi connectivity index (χ3n) is 7.55. The summed E-state index contributed by atoms with van der Waals surface area (Å²) in [5.74, 6) is 0.266. The van der Waals surface area contributed by atoms with Crippen molar-refractivity contribution in [2.75, 3.05) is 6.61 Å². The number of ether oxygens (including phenoxy) is 2. The van der Waals surface area contributed by atoms with Crippen molar-refractivity contribution in [1.29, 1.82) is 0 Å². The van der Waals surface area contributed by atoms with Gasteiger partial charge in [0.1, 0.15) is 30.2 Å². The zero-order valence-electron chi connectivity index (χ0n) is 21.8. The average molecular weight is 522 g/mol. The number of Topliss-reactive ketones (excluding diaryl/α,β-unsaturated/α-hetero) is 1. The van der Waals surface area contributed by atoms with E-state index >= 15 is 0 Å². The van der Waals surface area contributed by atoms with Gasteiger partial charge in [-0.3, -0.25) is 4.79 Å². The molecule has 2 aliphatic heterocycles. The van der Waals surface area contributed by atoms with E-state index in [1.165, 1.54) is 5.56 Å². The number of benzene rings is 2. The van der Waals surface area contributed by atoms with Crippen LogP contribution in [0.25, 0.3) is 5.70 Å². The fourth-order valence-electron chi connectivity index (χ4n) is 5.48. The topological polar surface area (TPSA) is 128 Å². The second-order valence-corrected chi connectivity index (χ2v) is 11.3. The van der Waals surface area contributed by atoms with E-state index in [4.69, 9.17) is 9.47 Å². The second-order valence-electron chi connectivity index (χ2n) is 11.3. The van der Waals surface area contributed by atoms with Crippen molar-refractivity contribution < 1.29 is 34.7 Å². The predicted molar refractivity (Wildman–Crippen MR) is 141 cm³/mol. The van der Waals surface area contributed by atoms with Gasteiger partial charge in [-0.2, -0.15) is 0 Å². The van der Waals surface area contributed by atoms with Crippen molar-refractivity contribution >= 4 is 11.5 Å². The number of aliphatic hydroxyl groups excluding tert-OH is 4. The van der Waals surface area contributed by atoms with Gasteiger partial charge in [0.25, 0.3) is 0 Å². The Hall–Kier alpha value is -3.01. The summed E-state index contributed by atoms with van der Waals surface area (Å²) in [4.78, 5) is 13.3. The van der Waals surface area contributed by atoms with Gasteiger partial charge in [0.15, 0.2) is 5.78 Å². The van der Waals surface area contributed by atoms with Gasteiger partial charge in [-0.25, -0.2) is 0 Å². The van der Waals surface area contributed by atoms with Crippen LogP contribution in [-0.4, -0.2) is 63.5 Å². The third kappa shape index (κ3) is 5.15. The van der Waals surface area contributed by atoms with Crippen LogP contribution >= 0.6 is 0 Å². The molecule has 0 amide bonds. The Bertz CT molecular complexity index is 1250. The maximum atomic E-state index is 13.3. The number of hydrogen-bond acceptors (Lipinski definition) is 8. The van der Waals surface area contributed by atoms with Crippen molar-refractivity contribution in [1.82, 2.24) is 5.32 Å². The minimum Gasteiger partial charge on any atom is -0.462 e. The van der Waals surface area contributed by atoms with Crippen LogP contribution in [0.2, 0.25) is 0 Å². The largest absolute Gasteiger partial charge is 0.462 e. The first-order chi connectivity index (χ1) is 18.1. The van der Waals surface area contributed by atoms with Crippen molar-refractivity contribution in [3.63, 3.8) is 0 Å². The SMILES string of the molecule is Cc1ccc(C2=CC(c3ccc(O[C@@H]4O[C@H](CO)[C@@H](O)[C@@H](O)[C@H]4O)cc3)C3=C(CC(C)(C)CC3=O)N2)cc1. The Morgan fingerprint density at radius 3 is 2.32 bits per heavy atom. The van der Waals surface area contributed by atoms with Gasteiger partial charge >= 0.3 is 0 Å². The Morgan fingerprint density at radius 2 is 1.66 bits per heavy atom. The monoisotopic (exact) mass is 521 g/mol. The predicted octanol–water partition coefficient (Wildman–Crippen LogP) is 2.54. The molecule has 0 bridgehead atoms. The van der Waals surface area contributed by atoms with E-state index in [-0.39, 0.29) is 17.1 Å². The highest BCUT2D eigenvalue weighted by atomic mass is 16.7. The molecule has 1 aliphatic carbocycles. The average Bonchev–Trinajstić information content (AvgIpc) is 2.88. The van der Waals surface area contributed by atoms with E-state index in [2.05, 4.69) is 49.5 Å². The Morgan fingerprint density at radius 1 is 0.974 bits per heavy atom. The first-order valence-corrected chi connectivity index (χ1v) is 13.0. The standard InChI is InChI=1S/C30H35NO7/c1-16-4-6-18(7-5-16)21-12-20(25-22(31-21)13-30(2,3)14-23(25)33)17-8-10-19(11-9-17)37-29-28(36)27(35)26(34)24(15-32)38-29/h4-12,20,24,26-29,31-32,34-36H,13-15H2,1-3H3/t20?,24-,26-,27-,28-,29-/m1/s1. The summed E-state index contributed by atoms with van der Waals surface area (Å²) in [7, 11) is 0. The number of carbonyl (C=O) groups is 1. The molecule has 202 valence electrons. The zero-order valence-corrected chi connectivity index (χ0v) is 21.8. The number of aliphatic hydroxyl groups is 4. The maximum Gasteiger partial charge on any atom is 0.229 e. The molecule has 0 radical (unpaired) electrons. The number of aryl methyl sites for hydroxylation is 1. The molecule has 2 heterocycles. The van der Waals surface area contributed by atoms with Gasteiger partial charge in [0, 0.05) is 29.3 Å². The molecule has 8 heteroatoms. The van der Waals surface area contributed by atoms with Crippen LogP contribution in [0.4, 0.5) is 0 Å². The lowest BCUT2D eigenvalue weighted by atomic mass is 9.70. The highest BCUT2D eigenvalue weighted by molar-refractivity contribution is 6.00. The second kappa shape index (κ2) is 10.3. The lowest BCUT2D eigenvalue weighted by Gasteiger charge is -2.39. The van der Waals surface area contributed by atoms with Gasteiger partial charge in [-0.15, -0.1) is 0 Å². The van der Waals surface area contributed by atoms with Gasteiger partial charge in [-0.1, -0.05) is 55.8 Å². The molecular weight excluding hydrogens is 486 g/mol. The molecule has 5 rings (SSSR count). The number of dihydropyridines is 1. The highest BCUT2D eigenvalue weighted by Crippen LogP contribution is 2.45. The normalized spacial score (nSPS) is 30.8. The van der Waals surface area contributed by atoms with Gasteiger partial charge in [0.05, 0.1) is 6.61 Å². The number of hydrogen-bond donors (Lipinski definition) is 5. The van der Waals surface area contributed by atoms with Crippen LogP contribution in [-0.2, 0) is 9.53 Å². The molecule has 3 aliphatic rings. The first-order valence-electron chi connectivity index (χ1n) is 13.0. The van der Waals surface area contributed by atoms with Gasteiger partial charge in [-0.05, 0) is 48.1 Å². The zero-order chi connectivity index (χ0) is 27.2. The van der Waals surface area contributed by atoms with Crippen molar-refractivity contribution in [3.05, 3.63) is 82.6 Å². The van der Waals surface area contributed by atoms with Crippen LogP contribution in [0.15, 0.2) is 65.9 Å². The number of rotatable bonds is 5. The molecule has 0 spiro atoms. The lowest BCUT2D eigenvalue weighted by molar-refractivity contribution is -0.277. The molecule has 1 unspecified atom stereocenters. The fraction of sp³-hybridized carbons (Fsp3) is 0.433. The van der Waals surface area contributed by atoms with E-state index in [0.717, 1.165) is 34.5 Å². The van der Waals surface area contributed by atoms with E-state index in [1.807, 2.05) is 19.1 Å². The molecule has 0 saturated carbocycles.